The normalized spacial score (nSPS) is 15.9. The smallest absolute Gasteiger partial charge is 0.261 e. The molecule has 1 aromatic carbocycles. The third kappa shape index (κ3) is 5.21. The fraction of sp³-hybridized carbons (Fsp3) is 0.421. The summed E-state index contributed by atoms with van der Waals surface area (Å²) >= 11 is 7.43. The maximum absolute atomic E-state index is 12.6. The first-order valence-electron chi connectivity index (χ1n) is 8.46. The summed E-state index contributed by atoms with van der Waals surface area (Å²) in [7, 11) is 1.73. The summed E-state index contributed by atoms with van der Waals surface area (Å²) in [6.45, 7) is 3.27. The van der Waals surface area contributed by atoms with Crippen LogP contribution in [0.5, 0.6) is 0 Å². The Hall–Kier alpha value is -1.11. The zero-order valence-electron chi connectivity index (χ0n) is 14.7. The fourth-order valence-corrected chi connectivity index (χ4v) is 4.27. The van der Waals surface area contributed by atoms with Gasteiger partial charge in [-0.3, -0.25) is 4.79 Å². The van der Waals surface area contributed by atoms with E-state index in [2.05, 4.69) is 10.6 Å². The van der Waals surface area contributed by atoms with Gasteiger partial charge >= 0.3 is 0 Å². The highest BCUT2D eigenvalue weighted by Crippen LogP contribution is 2.30. The molecule has 1 aliphatic rings. The molecule has 0 spiro atoms. The van der Waals surface area contributed by atoms with E-state index < -0.39 is 0 Å². The molecule has 1 aliphatic heterocycles. The van der Waals surface area contributed by atoms with E-state index >= 15 is 0 Å². The van der Waals surface area contributed by atoms with Crippen LogP contribution in [-0.2, 0) is 4.74 Å². The molecule has 0 aliphatic carbocycles. The monoisotopic (exact) mass is 414 g/mol. The number of rotatable bonds is 6. The Morgan fingerprint density at radius 1 is 1.23 bits per heavy atom. The third-order valence-electron chi connectivity index (χ3n) is 4.70. The highest BCUT2D eigenvalue weighted by atomic mass is 35.5. The van der Waals surface area contributed by atoms with Crippen LogP contribution in [0.3, 0.4) is 0 Å². The van der Waals surface area contributed by atoms with Crippen LogP contribution >= 0.6 is 35.3 Å². The van der Waals surface area contributed by atoms with E-state index in [4.69, 9.17) is 16.3 Å². The Morgan fingerprint density at radius 2 is 1.92 bits per heavy atom. The summed E-state index contributed by atoms with van der Waals surface area (Å²) in [5.74, 6) is -0.0146. The number of hydrogen-bond donors (Lipinski definition) is 2. The number of halogens is 2. The van der Waals surface area contributed by atoms with Crippen molar-refractivity contribution >= 4 is 41.3 Å². The largest absolute Gasteiger partial charge is 0.384 e. The molecule has 2 N–H and O–H groups in total. The van der Waals surface area contributed by atoms with Gasteiger partial charge in [0.2, 0.25) is 0 Å². The van der Waals surface area contributed by atoms with Gasteiger partial charge in [-0.05, 0) is 55.8 Å². The summed E-state index contributed by atoms with van der Waals surface area (Å²) in [6.07, 6.45) is 2.03. The quantitative estimate of drug-likeness (QED) is 0.742. The third-order valence-corrected chi connectivity index (χ3v) is 6.08. The lowest BCUT2D eigenvalue weighted by Gasteiger charge is -2.37. The molecule has 4 nitrogen and oxygen atoms in total. The molecule has 0 unspecified atom stereocenters. The van der Waals surface area contributed by atoms with Crippen LogP contribution in [0.2, 0.25) is 5.02 Å². The molecule has 26 heavy (non-hydrogen) atoms. The number of nitrogens with one attached hydrogen (secondary N) is 2. The van der Waals surface area contributed by atoms with Gasteiger partial charge in [0, 0.05) is 29.0 Å². The van der Waals surface area contributed by atoms with Crippen molar-refractivity contribution in [2.45, 2.75) is 12.8 Å². The number of piperidine rings is 1. The van der Waals surface area contributed by atoms with E-state index in [0.717, 1.165) is 41.2 Å². The number of ether oxygens (including phenoxy) is 1. The molecule has 0 radical (unpaired) electrons. The second-order valence-electron chi connectivity index (χ2n) is 6.54. The number of benzene rings is 1. The van der Waals surface area contributed by atoms with Crippen molar-refractivity contribution in [2.24, 2.45) is 5.41 Å². The molecule has 0 saturated carbocycles. The topological polar surface area (TPSA) is 50.4 Å². The molecule has 1 saturated heterocycles. The second kappa shape index (κ2) is 9.72. The van der Waals surface area contributed by atoms with E-state index in [-0.39, 0.29) is 23.7 Å². The number of amides is 1. The molecular weight excluding hydrogens is 391 g/mol. The van der Waals surface area contributed by atoms with Crippen LogP contribution in [-0.4, -0.2) is 39.3 Å². The Labute approximate surface area is 169 Å². The molecule has 2 aromatic rings. The zero-order valence-corrected chi connectivity index (χ0v) is 17.1. The fourth-order valence-electron chi connectivity index (χ4n) is 3.22. The van der Waals surface area contributed by atoms with Crippen LogP contribution in [0, 0.1) is 5.41 Å². The maximum Gasteiger partial charge on any atom is 0.261 e. The van der Waals surface area contributed by atoms with Gasteiger partial charge in [-0.2, -0.15) is 0 Å². The van der Waals surface area contributed by atoms with Crippen LogP contribution in [0.15, 0.2) is 36.4 Å². The summed E-state index contributed by atoms with van der Waals surface area (Å²) in [5, 5.41) is 7.19. The van der Waals surface area contributed by atoms with Crippen molar-refractivity contribution in [2.75, 3.05) is 33.4 Å². The lowest BCUT2D eigenvalue weighted by molar-refractivity contribution is 0.0512. The molecule has 7 heteroatoms. The van der Waals surface area contributed by atoms with Crippen molar-refractivity contribution in [1.82, 2.24) is 10.6 Å². The molecule has 0 atom stereocenters. The van der Waals surface area contributed by atoms with Crippen LogP contribution in [0.25, 0.3) is 10.4 Å². The van der Waals surface area contributed by atoms with Gasteiger partial charge in [0.15, 0.2) is 0 Å². The van der Waals surface area contributed by atoms with Crippen LogP contribution < -0.4 is 10.6 Å². The Balaban J connectivity index is 0.00000243. The number of methoxy groups -OCH3 is 1. The van der Waals surface area contributed by atoms with Gasteiger partial charge in [0.25, 0.3) is 5.91 Å². The number of hydrogen-bond acceptors (Lipinski definition) is 4. The number of carbonyl (C=O) groups excluding carboxylic acids is 1. The van der Waals surface area contributed by atoms with Crippen LogP contribution in [0.1, 0.15) is 22.5 Å². The molecule has 2 heterocycles. The van der Waals surface area contributed by atoms with Crippen molar-refractivity contribution in [3.05, 3.63) is 46.3 Å². The van der Waals surface area contributed by atoms with Crippen molar-refractivity contribution in [3.8, 4) is 10.4 Å². The van der Waals surface area contributed by atoms with Crippen LogP contribution in [0.4, 0.5) is 0 Å². The highest BCUT2D eigenvalue weighted by Gasteiger charge is 2.32. The van der Waals surface area contributed by atoms with Gasteiger partial charge < -0.3 is 15.4 Å². The predicted molar refractivity (Wildman–Crippen MR) is 111 cm³/mol. The van der Waals surface area contributed by atoms with Gasteiger partial charge in [-0.15, -0.1) is 23.7 Å². The van der Waals surface area contributed by atoms with Crippen molar-refractivity contribution < 1.29 is 9.53 Å². The van der Waals surface area contributed by atoms with E-state index in [1.54, 1.807) is 7.11 Å². The first-order valence-corrected chi connectivity index (χ1v) is 9.65. The lowest BCUT2D eigenvalue weighted by atomic mass is 9.79. The predicted octanol–water partition coefficient (Wildman–Crippen LogP) is 4.24. The zero-order chi connectivity index (χ0) is 17.7. The van der Waals surface area contributed by atoms with E-state index in [0.29, 0.717) is 18.2 Å². The summed E-state index contributed by atoms with van der Waals surface area (Å²) in [6, 6.07) is 11.5. The molecule has 1 aromatic heterocycles. The van der Waals surface area contributed by atoms with Crippen molar-refractivity contribution in [3.63, 3.8) is 0 Å². The standard InChI is InChI=1S/C19H23ClN2O2S.ClH/c1-24-13-19(8-10-21-11-9-19)12-22-18(23)17-7-6-16(25-17)14-2-4-15(20)5-3-14;/h2-7,21H,8-13H2,1H3,(H,22,23);1H. The average molecular weight is 415 g/mol. The second-order valence-corrected chi connectivity index (χ2v) is 8.06. The Morgan fingerprint density at radius 3 is 2.58 bits per heavy atom. The Bertz CT molecular complexity index is 707. The average Bonchev–Trinajstić information content (AvgIpc) is 3.12. The summed E-state index contributed by atoms with van der Waals surface area (Å²) < 4.78 is 5.41. The maximum atomic E-state index is 12.6. The first-order chi connectivity index (χ1) is 12.1. The molecule has 1 fully saturated rings. The van der Waals surface area contributed by atoms with E-state index in [9.17, 15) is 4.79 Å². The molecule has 3 rings (SSSR count). The van der Waals surface area contributed by atoms with Crippen molar-refractivity contribution in [1.29, 1.82) is 0 Å². The molecular formula is C19H24Cl2N2O2S. The highest BCUT2D eigenvalue weighted by molar-refractivity contribution is 7.17. The van der Waals surface area contributed by atoms with Gasteiger partial charge in [0.05, 0.1) is 11.5 Å². The lowest BCUT2D eigenvalue weighted by Crippen LogP contribution is -2.47. The molecule has 142 valence electrons. The van der Waals surface area contributed by atoms with E-state index in [1.807, 2.05) is 36.4 Å². The molecule has 0 bridgehead atoms. The number of carbonyl (C=O) groups is 1. The Kier molecular flexibility index (Phi) is 7.92. The minimum absolute atomic E-state index is 0. The SMILES string of the molecule is COCC1(CNC(=O)c2ccc(-c3ccc(Cl)cc3)s2)CCNCC1.Cl. The van der Waals surface area contributed by atoms with Gasteiger partial charge in [-0.25, -0.2) is 0 Å². The number of thiophene rings is 1. The minimum atomic E-state index is -0.0146. The summed E-state index contributed by atoms with van der Waals surface area (Å²) in [5.41, 5.74) is 1.11. The van der Waals surface area contributed by atoms with E-state index in [1.165, 1.54) is 11.3 Å². The minimum Gasteiger partial charge on any atom is -0.384 e. The summed E-state index contributed by atoms with van der Waals surface area (Å²) in [4.78, 5) is 14.3. The molecule has 1 amide bonds. The van der Waals surface area contributed by atoms with Gasteiger partial charge in [0.1, 0.15) is 0 Å². The first kappa shape index (κ1) is 21.2. The van der Waals surface area contributed by atoms with Gasteiger partial charge in [-0.1, -0.05) is 23.7 Å².